The van der Waals surface area contributed by atoms with Gasteiger partial charge in [-0.25, -0.2) is 4.98 Å². The molecule has 2 aromatic carbocycles. The van der Waals surface area contributed by atoms with E-state index in [4.69, 9.17) is 9.47 Å². The van der Waals surface area contributed by atoms with Crippen molar-refractivity contribution in [2.24, 2.45) is 0 Å². The Kier molecular flexibility index (Phi) is 9.37. The first kappa shape index (κ1) is 25.9. The fourth-order valence-electron chi connectivity index (χ4n) is 3.21. The van der Waals surface area contributed by atoms with E-state index < -0.39 is 18.5 Å². The van der Waals surface area contributed by atoms with Gasteiger partial charge in [0.1, 0.15) is 17.4 Å². The van der Waals surface area contributed by atoms with Crippen LogP contribution in [-0.2, 0) is 27.4 Å². The highest BCUT2D eigenvalue weighted by atomic mass is 32.1. The molecule has 0 aliphatic rings. The minimum absolute atomic E-state index is 0.0313. The third-order valence-electron chi connectivity index (χ3n) is 5.14. The van der Waals surface area contributed by atoms with Gasteiger partial charge >= 0.3 is 5.97 Å². The molecular formula is C26H29N3O5S. The number of carbonyl (C=O) groups excluding carboxylic acids is 3. The summed E-state index contributed by atoms with van der Waals surface area (Å²) in [6.45, 7) is 7.01. The summed E-state index contributed by atoms with van der Waals surface area (Å²) < 4.78 is 10.8. The summed E-state index contributed by atoms with van der Waals surface area (Å²) in [6, 6.07) is 14.3. The van der Waals surface area contributed by atoms with Crippen molar-refractivity contribution >= 4 is 34.8 Å². The number of benzene rings is 2. The van der Waals surface area contributed by atoms with E-state index in [2.05, 4.69) is 10.3 Å². The summed E-state index contributed by atoms with van der Waals surface area (Å²) in [5.74, 6) is -0.320. The van der Waals surface area contributed by atoms with Crippen molar-refractivity contribution in [3.63, 3.8) is 0 Å². The van der Waals surface area contributed by atoms with Crippen molar-refractivity contribution in [3.05, 3.63) is 75.7 Å². The number of carbonyl (C=O) groups is 3. The van der Waals surface area contributed by atoms with E-state index in [0.717, 1.165) is 16.3 Å². The number of hydrogen-bond acceptors (Lipinski definition) is 7. The first-order valence-corrected chi connectivity index (χ1v) is 12.2. The molecule has 0 bridgehead atoms. The van der Waals surface area contributed by atoms with Crippen LogP contribution in [-0.4, -0.2) is 47.4 Å². The zero-order chi connectivity index (χ0) is 25.2. The van der Waals surface area contributed by atoms with Gasteiger partial charge in [0.15, 0.2) is 6.61 Å². The van der Waals surface area contributed by atoms with Gasteiger partial charge in [-0.3, -0.25) is 14.4 Å². The van der Waals surface area contributed by atoms with Crippen LogP contribution in [0.25, 0.3) is 0 Å². The van der Waals surface area contributed by atoms with Crippen molar-refractivity contribution in [1.29, 1.82) is 0 Å². The largest absolute Gasteiger partial charge is 0.486 e. The van der Waals surface area contributed by atoms with Crippen LogP contribution < -0.4 is 10.1 Å². The molecule has 1 aromatic heterocycles. The molecule has 2 amide bonds. The first-order valence-electron chi connectivity index (χ1n) is 11.4. The number of nitrogens with zero attached hydrogens (tertiary/aromatic N) is 2. The maximum absolute atomic E-state index is 12.4. The second-order valence-electron chi connectivity index (χ2n) is 7.77. The van der Waals surface area contributed by atoms with Crippen LogP contribution in [0.1, 0.15) is 40.5 Å². The molecule has 0 fully saturated rings. The van der Waals surface area contributed by atoms with Crippen LogP contribution in [0.3, 0.4) is 0 Å². The highest BCUT2D eigenvalue weighted by Gasteiger charge is 2.14. The Bertz CT molecular complexity index is 1140. The SMILES string of the molecule is CCN(CC)C(=O)c1ccc(NC(=O)COC(=O)Cc2csc(COc3ccc(C)cc3)n2)cc1. The summed E-state index contributed by atoms with van der Waals surface area (Å²) in [5, 5.41) is 5.17. The van der Waals surface area contributed by atoms with Crippen molar-refractivity contribution < 1.29 is 23.9 Å². The topological polar surface area (TPSA) is 97.8 Å². The van der Waals surface area contributed by atoms with Gasteiger partial charge < -0.3 is 19.7 Å². The van der Waals surface area contributed by atoms with Gasteiger partial charge in [-0.2, -0.15) is 0 Å². The number of aromatic nitrogens is 1. The number of esters is 1. The number of ether oxygens (including phenoxy) is 2. The lowest BCUT2D eigenvalue weighted by Gasteiger charge is -2.18. The summed E-state index contributed by atoms with van der Waals surface area (Å²) >= 11 is 1.40. The molecule has 1 N–H and O–H groups in total. The van der Waals surface area contributed by atoms with Crippen LogP contribution >= 0.6 is 11.3 Å². The predicted octanol–water partition coefficient (Wildman–Crippen LogP) is 4.24. The number of thiazole rings is 1. The Morgan fingerprint density at radius 1 is 1.00 bits per heavy atom. The predicted molar refractivity (Wildman–Crippen MR) is 135 cm³/mol. The van der Waals surface area contributed by atoms with Crippen LogP contribution in [0.5, 0.6) is 5.75 Å². The van der Waals surface area contributed by atoms with Crippen LogP contribution in [0.15, 0.2) is 53.9 Å². The van der Waals surface area contributed by atoms with Crippen molar-refractivity contribution in [2.75, 3.05) is 25.0 Å². The van der Waals surface area contributed by atoms with E-state index in [9.17, 15) is 14.4 Å². The Morgan fingerprint density at radius 3 is 2.34 bits per heavy atom. The quantitative estimate of drug-likeness (QED) is 0.400. The van der Waals surface area contributed by atoms with Crippen molar-refractivity contribution in [3.8, 4) is 5.75 Å². The smallest absolute Gasteiger partial charge is 0.312 e. The molecule has 35 heavy (non-hydrogen) atoms. The van der Waals surface area contributed by atoms with Crippen molar-refractivity contribution in [2.45, 2.75) is 33.8 Å². The third kappa shape index (κ3) is 7.92. The Balaban J connectivity index is 1.40. The van der Waals surface area contributed by atoms with Crippen LogP contribution in [0, 0.1) is 6.92 Å². The molecule has 0 unspecified atom stereocenters. The maximum atomic E-state index is 12.4. The van der Waals surface area contributed by atoms with Gasteiger partial charge in [0.2, 0.25) is 0 Å². The van der Waals surface area contributed by atoms with E-state index in [-0.39, 0.29) is 12.3 Å². The van der Waals surface area contributed by atoms with Gasteiger partial charge in [0, 0.05) is 29.7 Å². The molecule has 0 radical (unpaired) electrons. The minimum atomic E-state index is -0.545. The van der Waals surface area contributed by atoms with E-state index >= 15 is 0 Å². The van der Waals surface area contributed by atoms with E-state index in [0.29, 0.717) is 36.6 Å². The first-order chi connectivity index (χ1) is 16.9. The van der Waals surface area contributed by atoms with Gasteiger partial charge in [0.25, 0.3) is 11.8 Å². The summed E-state index contributed by atoms with van der Waals surface area (Å²) in [6.07, 6.45) is -0.0313. The van der Waals surface area contributed by atoms with E-state index in [1.54, 1.807) is 34.5 Å². The highest BCUT2D eigenvalue weighted by molar-refractivity contribution is 7.09. The molecule has 0 saturated carbocycles. The second kappa shape index (κ2) is 12.7. The lowest BCUT2D eigenvalue weighted by molar-refractivity contribution is -0.146. The molecule has 0 aliphatic heterocycles. The van der Waals surface area contributed by atoms with Gasteiger partial charge in [-0.15, -0.1) is 11.3 Å². The molecule has 8 nitrogen and oxygen atoms in total. The molecule has 184 valence electrons. The van der Waals surface area contributed by atoms with E-state index in [1.165, 1.54) is 11.3 Å². The molecule has 0 atom stereocenters. The number of amides is 2. The Morgan fingerprint density at radius 2 is 1.69 bits per heavy atom. The number of nitrogens with one attached hydrogen (secondary N) is 1. The zero-order valence-corrected chi connectivity index (χ0v) is 20.9. The third-order valence-corrected chi connectivity index (χ3v) is 6.01. The molecule has 1 heterocycles. The van der Waals surface area contributed by atoms with Gasteiger partial charge in [-0.1, -0.05) is 17.7 Å². The van der Waals surface area contributed by atoms with Gasteiger partial charge in [0.05, 0.1) is 12.1 Å². The molecule has 0 spiro atoms. The Labute approximate surface area is 208 Å². The molecule has 0 saturated heterocycles. The number of rotatable bonds is 11. The average molecular weight is 496 g/mol. The molecule has 9 heteroatoms. The molecule has 3 rings (SSSR count). The lowest BCUT2D eigenvalue weighted by Crippen LogP contribution is -2.30. The van der Waals surface area contributed by atoms with Crippen molar-refractivity contribution in [1.82, 2.24) is 9.88 Å². The molecule has 3 aromatic rings. The zero-order valence-electron chi connectivity index (χ0n) is 20.1. The maximum Gasteiger partial charge on any atom is 0.312 e. The lowest BCUT2D eigenvalue weighted by atomic mass is 10.2. The highest BCUT2D eigenvalue weighted by Crippen LogP contribution is 2.17. The second-order valence-corrected chi connectivity index (χ2v) is 8.72. The molecule has 0 aliphatic carbocycles. The summed E-state index contributed by atoms with van der Waals surface area (Å²) in [7, 11) is 0. The van der Waals surface area contributed by atoms with Gasteiger partial charge in [-0.05, 0) is 57.2 Å². The normalized spacial score (nSPS) is 10.5. The fourth-order valence-corrected chi connectivity index (χ4v) is 3.91. The fraction of sp³-hybridized carbons (Fsp3) is 0.308. The number of hydrogen-bond donors (Lipinski definition) is 1. The Hall–Kier alpha value is -3.72. The van der Waals surface area contributed by atoms with E-state index in [1.807, 2.05) is 45.0 Å². The number of anilines is 1. The van der Waals surface area contributed by atoms with Crippen LogP contribution in [0.4, 0.5) is 5.69 Å². The monoisotopic (exact) mass is 495 g/mol. The minimum Gasteiger partial charge on any atom is -0.486 e. The average Bonchev–Trinajstić information content (AvgIpc) is 3.30. The molecular weight excluding hydrogens is 466 g/mol. The summed E-state index contributed by atoms with van der Waals surface area (Å²) in [4.78, 5) is 42.7. The summed E-state index contributed by atoms with van der Waals surface area (Å²) in [5.41, 5.74) is 2.78. The number of aryl methyl sites for hydroxylation is 1. The van der Waals surface area contributed by atoms with Crippen LogP contribution in [0.2, 0.25) is 0 Å². The standard InChI is InChI=1S/C26H29N3O5S/c1-4-29(5-2)26(32)19-8-10-20(11-9-19)27-23(30)15-34-25(31)14-21-17-35-24(28-21)16-33-22-12-6-18(3)7-13-22/h6-13,17H,4-5,14-16H2,1-3H3,(H,27,30).